The lowest BCUT2D eigenvalue weighted by Crippen LogP contribution is -2.42. The van der Waals surface area contributed by atoms with Gasteiger partial charge in [-0.25, -0.2) is 8.42 Å². The third-order valence-corrected chi connectivity index (χ3v) is 7.52. The molecule has 0 spiro atoms. The second-order valence-electron chi connectivity index (χ2n) is 8.11. The van der Waals surface area contributed by atoms with Gasteiger partial charge < -0.3 is 15.2 Å². The molecule has 0 aliphatic carbocycles. The van der Waals surface area contributed by atoms with Gasteiger partial charge in [0.1, 0.15) is 11.7 Å². The van der Waals surface area contributed by atoms with Crippen molar-refractivity contribution in [3.05, 3.63) is 63.2 Å². The number of nitro benzene ring substituents is 1. The molecule has 1 amide bonds. The number of amides is 1. The van der Waals surface area contributed by atoms with Gasteiger partial charge in [0.2, 0.25) is 10.0 Å². The largest absolute Gasteiger partial charge is 0.454 e. The molecule has 182 valence electrons. The molecule has 0 radical (unpaired) electrons. The zero-order chi connectivity index (χ0) is 25.2. The first-order valence-electron chi connectivity index (χ1n) is 10.4. The van der Waals surface area contributed by atoms with Gasteiger partial charge >= 0.3 is 5.97 Å². The van der Waals surface area contributed by atoms with E-state index in [4.69, 9.17) is 4.74 Å². The number of aliphatic hydroxyl groups is 1. The van der Waals surface area contributed by atoms with Crippen molar-refractivity contribution in [3.8, 4) is 0 Å². The SMILES string of the molecule is Cc1ccc(S(=O)(=O)N2CC(O)CC2C(=O)OCC(=O)Nc2c(C)cccc2[N+](=O)[O-])cc1C. The minimum absolute atomic E-state index is 0.0212. The summed E-state index contributed by atoms with van der Waals surface area (Å²) < 4.78 is 32.2. The van der Waals surface area contributed by atoms with Crippen LogP contribution in [0.1, 0.15) is 23.1 Å². The Balaban J connectivity index is 1.72. The van der Waals surface area contributed by atoms with Crippen LogP contribution in [0.25, 0.3) is 0 Å². The van der Waals surface area contributed by atoms with E-state index in [9.17, 15) is 33.2 Å². The van der Waals surface area contributed by atoms with E-state index in [1.165, 1.54) is 24.3 Å². The number of benzene rings is 2. The number of rotatable bonds is 7. The zero-order valence-electron chi connectivity index (χ0n) is 18.8. The first-order chi connectivity index (χ1) is 15.9. The summed E-state index contributed by atoms with van der Waals surface area (Å²) >= 11 is 0. The van der Waals surface area contributed by atoms with E-state index in [1.54, 1.807) is 26.0 Å². The van der Waals surface area contributed by atoms with Crippen LogP contribution in [0.2, 0.25) is 0 Å². The summed E-state index contributed by atoms with van der Waals surface area (Å²) in [7, 11) is -4.12. The predicted octanol–water partition coefficient (Wildman–Crippen LogP) is 1.83. The topological polar surface area (TPSA) is 156 Å². The number of carbonyl (C=O) groups is 2. The highest BCUT2D eigenvalue weighted by molar-refractivity contribution is 7.89. The van der Waals surface area contributed by atoms with Gasteiger partial charge in [0.05, 0.1) is 15.9 Å². The number of nitrogens with zero attached hydrogens (tertiary/aromatic N) is 2. The van der Waals surface area contributed by atoms with Crippen LogP contribution < -0.4 is 5.32 Å². The van der Waals surface area contributed by atoms with Crippen LogP contribution in [0.4, 0.5) is 11.4 Å². The molecule has 1 fully saturated rings. The molecule has 2 aromatic rings. The van der Waals surface area contributed by atoms with Crippen LogP contribution in [0.5, 0.6) is 0 Å². The standard InChI is InChI=1S/C22H25N3O8S/c1-13-7-8-17(9-15(13)3)34(31,32)24-11-16(26)10-19(24)22(28)33-12-20(27)23-21-14(2)5-4-6-18(21)25(29)30/h4-9,16,19,26H,10-12H2,1-3H3,(H,23,27). The number of sulfonamides is 1. The van der Waals surface area contributed by atoms with Gasteiger partial charge in [0, 0.05) is 19.0 Å². The van der Waals surface area contributed by atoms with Crippen LogP contribution >= 0.6 is 0 Å². The highest BCUT2D eigenvalue weighted by Gasteiger charge is 2.44. The Morgan fingerprint density at radius 1 is 1.18 bits per heavy atom. The van der Waals surface area contributed by atoms with E-state index in [0.717, 1.165) is 15.4 Å². The predicted molar refractivity (Wildman–Crippen MR) is 122 cm³/mol. The Morgan fingerprint density at radius 2 is 1.88 bits per heavy atom. The van der Waals surface area contributed by atoms with Crippen molar-refractivity contribution in [2.24, 2.45) is 0 Å². The molecule has 1 aliphatic rings. The van der Waals surface area contributed by atoms with E-state index in [-0.39, 0.29) is 29.2 Å². The Labute approximate surface area is 196 Å². The van der Waals surface area contributed by atoms with E-state index in [0.29, 0.717) is 5.56 Å². The molecule has 2 aromatic carbocycles. The second kappa shape index (κ2) is 9.87. The number of aliphatic hydroxyl groups excluding tert-OH is 1. The van der Waals surface area contributed by atoms with Crippen LogP contribution in [-0.4, -0.2) is 59.9 Å². The van der Waals surface area contributed by atoms with E-state index >= 15 is 0 Å². The van der Waals surface area contributed by atoms with Gasteiger partial charge in [-0.2, -0.15) is 4.31 Å². The molecule has 0 bridgehead atoms. The molecule has 1 saturated heterocycles. The summed E-state index contributed by atoms with van der Waals surface area (Å²) in [6.07, 6.45) is -1.27. The van der Waals surface area contributed by atoms with Crippen LogP contribution in [0.3, 0.4) is 0 Å². The summed E-state index contributed by atoms with van der Waals surface area (Å²) in [5, 5.41) is 23.6. The monoisotopic (exact) mass is 491 g/mol. The number of carbonyl (C=O) groups excluding carboxylic acids is 2. The maximum absolute atomic E-state index is 13.1. The Bertz CT molecular complexity index is 1240. The van der Waals surface area contributed by atoms with Crippen molar-refractivity contribution in [1.29, 1.82) is 0 Å². The normalized spacial score (nSPS) is 18.5. The average Bonchev–Trinajstić information content (AvgIpc) is 3.17. The van der Waals surface area contributed by atoms with Crippen molar-refractivity contribution in [2.45, 2.75) is 44.2 Å². The fraction of sp³-hybridized carbons (Fsp3) is 0.364. The number of esters is 1. The van der Waals surface area contributed by atoms with Crippen molar-refractivity contribution in [1.82, 2.24) is 4.31 Å². The average molecular weight is 492 g/mol. The molecule has 34 heavy (non-hydrogen) atoms. The molecule has 2 unspecified atom stereocenters. The van der Waals surface area contributed by atoms with Crippen molar-refractivity contribution < 1.29 is 32.8 Å². The molecule has 3 rings (SSSR count). The van der Waals surface area contributed by atoms with E-state index in [2.05, 4.69) is 5.32 Å². The number of ether oxygens (including phenoxy) is 1. The summed E-state index contributed by atoms with van der Waals surface area (Å²) in [6.45, 7) is 4.09. The van der Waals surface area contributed by atoms with Gasteiger partial charge in [-0.15, -0.1) is 0 Å². The first-order valence-corrected chi connectivity index (χ1v) is 11.8. The lowest BCUT2D eigenvalue weighted by Gasteiger charge is -2.22. The molecule has 0 saturated carbocycles. The minimum Gasteiger partial charge on any atom is -0.454 e. The van der Waals surface area contributed by atoms with Gasteiger partial charge in [0.25, 0.3) is 11.6 Å². The number of hydrogen-bond donors (Lipinski definition) is 2. The van der Waals surface area contributed by atoms with Gasteiger partial charge in [-0.05, 0) is 49.6 Å². The number of para-hydroxylation sites is 1. The Hall–Kier alpha value is -3.35. The lowest BCUT2D eigenvalue weighted by molar-refractivity contribution is -0.384. The molecular weight excluding hydrogens is 466 g/mol. The molecule has 2 N–H and O–H groups in total. The molecule has 11 nitrogen and oxygen atoms in total. The molecular formula is C22H25N3O8S. The number of nitro groups is 1. The fourth-order valence-corrected chi connectivity index (χ4v) is 5.36. The second-order valence-corrected chi connectivity index (χ2v) is 10.00. The molecule has 0 aromatic heterocycles. The highest BCUT2D eigenvalue weighted by Crippen LogP contribution is 2.29. The number of β-amino-alcohol motifs (C(OH)–C–C–N with tert-alkyl or cyclic N) is 1. The maximum atomic E-state index is 13.1. The summed E-state index contributed by atoms with van der Waals surface area (Å²) in [4.78, 5) is 35.5. The fourth-order valence-electron chi connectivity index (χ4n) is 3.65. The van der Waals surface area contributed by atoms with Crippen molar-refractivity contribution in [3.63, 3.8) is 0 Å². The Morgan fingerprint density at radius 3 is 2.53 bits per heavy atom. The number of hydrogen-bond acceptors (Lipinski definition) is 8. The lowest BCUT2D eigenvalue weighted by atomic mass is 10.1. The molecule has 1 heterocycles. The zero-order valence-corrected chi connectivity index (χ0v) is 19.7. The molecule has 12 heteroatoms. The van der Waals surface area contributed by atoms with Gasteiger partial charge in [0.15, 0.2) is 6.61 Å². The quantitative estimate of drug-likeness (QED) is 0.337. The van der Waals surface area contributed by atoms with Crippen molar-refractivity contribution in [2.75, 3.05) is 18.5 Å². The Kier molecular flexibility index (Phi) is 7.34. The number of aryl methyl sites for hydroxylation is 3. The van der Waals surface area contributed by atoms with Crippen LogP contribution in [-0.2, 0) is 24.3 Å². The van der Waals surface area contributed by atoms with Crippen LogP contribution in [0, 0.1) is 30.9 Å². The van der Waals surface area contributed by atoms with Crippen molar-refractivity contribution >= 4 is 33.3 Å². The van der Waals surface area contributed by atoms with Gasteiger partial charge in [-0.1, -0.05) is 18.2 Å². The number of anilines is 1. The van der Waals surface area contributed by atoms with E-state index < -0.39 is 45.6 Å². The molecule has 2 atom stereocenters. The first kappa shape index (κ1) is 25.3. The van der Waals surface area contributed by atoms with Gasteiger partial charge in [-0.3, -0.25) is 19.7 Å². The minimum atomic E-state index is -4.12. The maximum Gasteiger partial charge on any atom is 0.325 e. The highest BCUT2D eigenvalue weighted by atomic mass is 32.2. The third kappa shape index (κ3) is 5.24. The summed E-state index contributed by atoms with van der Waals surface area (Å²) in [5.41, 5.74) is 1.75. The van der Waals surface area contributed by atoms with Crippen LogP contribution in [0.15, 0.2) is 41.3 Å². The summed E-state index contributed by atoms with van der Waals surface area (Å²) in [5.74, 6) is -1.83. The third-order valence-electron chi connectivity index (χ3n) is 5.65. The van der Waals surface area contributed by atoms with E-state index in [1.807, 2.05) is 6.92 Å². The molecule has 1 aliphatic heterocycles. The number of nitrogens with one attached hydrogen (secondary N) is 1. The smallest absolute Gasteiger partial charge is 0.325 e. The summed E-state index contributed by atoms with van der Waals surface area (Å²) in [6, 6.07) is 7.51.